The molecule has 0 radical (unpaired) electrons. The molecule has 3 rings (SSSR count). The van der Waals surface area contributed by atoms with Crippen LogP contribution >= 0.6 is 11.6 Å². The summed E-state index contributed by atoms with van der Waals surface area (Å²) in [7, 11) is 1.54. The summed E-state index contributed by atoms with van der Waals surface area (Å²) in [6.07, 6.45) is 1.56. The van der Waals surface area contributed by atoms with Crippen LogP contribution in [0.5, 0.6) is 23.0 Å². The first-order chi connectivity index (χ1) is 13.0. The number of Topliss-reactive ketones (excluding diaryl/α,β-unsaturated/α-hetero) is 1. The SMILES string of the molecule is CCOc1cc(C(=O)/C(Cl)=C\c2cc(OC)c3c(c2)OCCO3)ccc1N. The van der Waals surface area contributed by atoms with E-state index in [1.807, 2.05) is 6.92 Å². The van der Waals surface area contributed by atoms with Crippen molar-refractivity contribution in [3.05, 3.63) is 46.5 Å². The number of methoxy groups -OCH3 is 1. The Balaban J connectivity index is 1.91. The van der Waals surface area contributed by atoms with Gasteiger partial charge in [0.25, 0.3) is 0 Å². The van der Waals surface area contributed by atoms with Crippen LogP contribution in [0.15, 0.2) is 35.4 Å². The molecule has 0 saturated heterocycles. The summed E-state index contributed by atoms with van der Waals surface area (Å²) < 4.78 is 21.9. The number of anilines is 1. The Hall–Kier alpha value is -2.86. The van der Waals surface area contributed by atoms with Crippen LogP contribution in [0.25, 0.3) is 6.08 Å². The number of carbonyl (C=O) groups is 1. The van der Waals surface area contributed by atoms with Crippen LogP contribution in [0.1, 0.15) is 22.8 Å². The highest BCUT2D eigenvalue weighted by molar-refractivity contribution is 6.47. The molecule has 0 aromatic heterocycles. The minimum Gasteiger partial charge on any atom is -0.493 e. The monoisotopic (exact) mass is 389 g/mol. The molecule has 142 valence electrons. The molecule has 2 aromatic rings. The molecular weight excluding hydrogens is 370 g/mol. The van der Waals surface area contributed by atoms with Gasteiger partial charge in [0.15, 0.2) is 11.5 Å². The van der Waals surface area contributed by atoms with E-state index in [9.17, 15) is 4.79 Å². The van der Waals surface area contributed by atoms with Crippen LogP contribution in [0.3, 0.4) is 0 Å². The number of allylic oxidation sites excluding steroid dienone is 1. The van der Waals surface area contributed by atoms with E-state index in [1.165, 1.54) is 7.11 Å². The fourth-order valence-electron chi connectivity index (χ4n) is 2.68. The Bertz CT molecular complexity index is 877. The lowest BCUT2D eigenvalue weighted by Crippen LogP contribution is -2.16. The van der Waals surface area contributed by atoms with Gasteiger partial charge in [0.1, 0.15) is 19.0 Å². The van der Waals surface area contributed by atoms with Gasteiger partial charge in [-0.1, -0.05) is 11.6 Å². The molecule has 0 aliphatic carbocycles. The maximum absolute atomic E-state index is 12.7. The van der Waals surface area contributed by atoms with E-state index in [-0.39, 0.29) is 10.8 Å². The van der Waals surface area contributed by atoms with E-state index in [0.29, 0.717) is 59.6 Å². The van der Waals surface area contributed by atoms with Crippen LogP contribution in [-0.4, -0.2) is 32.7 Å². The number of hydrogen-bond acceptors (Lipinski definition) is 6. The van der Waals surface area contributed by atoms with Gasteiger partial charge in [0.05, 0.1) is 24.4 Å². The van der Waals surface area contributed by atoms with Crippen molar-refractivity contribution < 1.29 is 23.7 Å². The number of halogens is 1. The number of fused-ring (bicyclic) bond motifs is 1. The first-order valence-electron chi connectivity index (χ1n) is 8.45. The second kappa shape index (κ2) is 8.22. The highest BCUT2D eigenvalue weighted by atomic mass is 35.5. The van der Waals surface area contributed by atoms with Crippen molar-refractivity contribution in [2.24, 2.45) is 0 Å². The fourth-order valence-corrected chi connectivity index (χ4v) is 2.92. The van der Waals surface area contributed by atoms with Gasteiger partial charge in [0.2, 0.25) is 11.5 Å². The predicted octanol–water partition coefficient (Wildman–Crippen LogP) is 3.91. The number of ether oxygens (including phenoxy) is 4. The van der Waals surface area contributed by atoms with Gasteiger partial charge in [-0.3, -0.25) is 4.79 Å². The molecule has 0 unspecified atom stereocenters. The molecule has 0 saturated carbocycles. The summed E-state index contributed by atoms with van der Waals surface area (Å²) in [6.45, 7) is 3.19. The number of carbonyl (C=O) groups excluding carboxylic acids is 1. The molecule has 7 heteroatoms. The van der Waals surface area contributed by atoms with Crippen molar-refractivity contribution in [3.8, 4) is 23.0 Å². The molecule has 0 amide bonds. The highest BCUT2D eigenvalue weighted by Crippen LogP contribution is 2.41. The molecule has 0 fully saturated rings. The van der Waals surface area contributed by atoms with E-state index in [0.717, 1.165) is 0 Å². The van der Waals surface area contributed by atoms with Crippen molar-refractivity contribution in [2.75, 3.05) is 32.7 Å². The maximum atomic E-state index is 12.7. The second-order valence-electron chi connectivity index (χ2n) is 5.75. The van der Waals surface area contributed by atoms with E-state index in [2.05, 4.69) is 0 Å². The number of rotatable bonds is 6. The lowest BCUT2D eigenvalue weighted by Gasteiger charge is -2.21. The van der Waals surface area contributed by atoms with Crippen LogP contribution < -0.4 is 24.7 Å². The highest BCUT2D eigenvalue weighted by Gasteiger charge is 2.19. The molecule has 2 aromatic carbocycles. The standard InChI is InChI=1S/C20H20ClNO5/c1-3-25-16-11-13(4-5-15(16)22)19(23)14(21)8-12-9-17(24-2)20-18(10-12)26-6-7-27-20/h4-5,8-11H,3,6-7,22H2,1-2H3/b14-8+. The average Bonchev–Trinajstić information content (AvgIpc) is 2.68. The quantitative estimate of drug-likeness (QED) is 0.458. The number of benzene rings is 2. The zero-order valence-corrected chi connectivity index (χ0v) is 15.8. The van der Waals surface area contributed by atoms with Gasteiger partial charge in [-0.2, -0.15) is 0 Å². The Labute approximate surface area is 162 Å². The molecule has 0 bridgehead atoms. The average molecular weight is 390 g/mol. The van der Waals surface area contributed by atoms with Gasteiger partial charge in [-0.05, 0) is 48.9 Å². The summed E-state index contributed by atoms with van der Waals surface area (Å²) in [6, 6.07) is 8.30. The molecule has 0 spiro atoms. The van der Waals surface area contributed by atoms with E-state index in [4.69, 9.17) is 36.3 Å². The Morgan fingerprint density at radius 2 is 2.00 bits per heavy atom. The largest absolute Gasteiger partial charge is 0.493 e. The van der Waals surface area contributed by atoms with E-state index in [1.54, 1.807) is 36.4 Å². The van der Waals surface area contributed by atoms with Crippen molar-refractivity contribution in [2.45, 2.75) is 6.92 Å². The predicted molar refractivity (Wildman–Crippen MR) is 104 cm³/mol. The van der Waals surface area contributed by atoms with Crippen LogP contribution in [0.2, 0.25) is 0 Å². The number of nitrogen functional groups attached to an aromatic ring is 1. The summed E-state index contributed by atoms with van der Waals surface area (Å²) in [4.78, 5) is 12.7. The maximum Gasteiger partial charge on any atom is 0.204 e. The Morgan fingerprint density at radius 1 is 1.22 bits per heavy atom. The van der Waals surface area contributed by atoms with Crippen molar-refractivity contribution in [3.63, 3.8) is 0 Å². The smallest absolute Gasteiger partial charge is 0.204 e. The van der Waals surface area contributed by atoms with Crippen LogP contribution in [0, 0.1) is 0 Å². The molecule has 0 atom stereocenters. The van der Waals surface area contributed by atoms with Gasteiger partial charge in [-0.25, -0.2) is 0 Å². The topological polar surface area (TPSA) is 80.0 Å². The van der Waals surface area contributed by atoms with Crippen LogP contribution in [-0.2, 0) is 0 Å². The van der Waals surface area contributed by atoms with Gasteiger partial charge >= 0.3 is 0 Å². The molecule has 1 aliphatic heterocycles. The number of hydrogen-bond donors (Lipinski definition) is 1. The summed E-state index contributed by atoms with van der Waals surface area (Å²) >= 11 is 6.27. The third-order valence-corrected chi connectivity index (χ3v) is 4.22. The van der Waals surface area contributed by atoms with Crippen LogP contribution in [0.4, 0.5) is 5.69 Å². The molecule has 27 heavy (non-hydrogen) atoms. The Kier molecular flexibility index (Phi) is 5.76. The lowest BCUT2D eigenvalue weighted by atomic mass is 10.1. The van der Waals surface area contributed by atoms with Crippen molar-refractivity contribution >= 4 is 29.1 Å². The third kappa shape index (κ3) is 4.11. The van der Waals surface area contributed by atoms with Crippen molar-refractivity contribution in [1.29, 1.82) is 0 Å². The molecule has 6 nitrogen and oxygen atoms in total. The fraction of sp³-hybridized carbons (Fsp3) is 0.250. The number of nitrogens with two attached hydrogens (primary N) is 1. The lowest BCUT2D eigenvalue weighted by molar-refractivity contribution is 0.104. The van der Waals surface area contributed by atoms with Gasteiger partial charge in [-0.15, -0.1) is 0 Å². The van der Waals surface area contributed by atoms with E-state index >= 15 is 0 Å². The third-order valence-electron chi connectivity index (χ3n) is 3.94. The number of ketones is 1. The second-order valence-corrected chi connectivity index (χ2v) is 6.16. The summed E-state index contributed by atoms with van der Waals surface area (Å²) in [5, 5.41) is 0.0425. The minimum absolute atomic E-state index is 0.0425. The zero-order chi connectivity index (χ0) is 19.4. The summed E-state index contributed by atoms with van der Waals surface area (Å²) in [5.74, 6) is 1.72. The van der Waals surface area contributed by atoms with Gasteiger partial charge in [0, 0.05) is 5.56 Å². The molecule has 1 heterocycles. The first-order valence-corrected chi connectivity index (χ1v) is 8.83. The minimum atomic E-state index is -0.341. The molecule has 1 aliphatic rings. The summed E-state index contributed by atoms with van der Waals surface area (Å²) in [5.41, 5.74) is 7.36. The van der Waals surface area contributed by atoms with Gasteiger partial charge < -0.3 is 24.7 Å². The zero-order valence-electron chi connectivity index (χ0n) is 15.1. The first kappa shape index (κ1) is 18.9. The molecule has 2 N–H and O–H groups in total. The van der Waals surface area contributed by atoms with Crippen molar-refractivity contribution in [1.82, 2.24) is 0 Å². The molecular formula is C20H20ClNO5. The van der Waals surface area contributed by atoms with E-state index < -0.39 is 0 Å². The Morgan fingerprint density at radius 3 is 2.74 bits per heavy atom. The normalized spacial score (nSPS) is 13.2.